The molecule has 2 saturated heterocycles. The quantitative estimate of drug-likeness (QED) is 0.308. The first-order valence-electron chi connectivity index (χ1n) is 13.8. The van der Waals surface area contributed by atoms with Crippen LogP contribution >= 0.6 is 11.3 Å². The molecule has 2 aliphatic heterocycles. The second kappa shape index (κ2) is 11.0. The average molecular weight is 576 g/mol. The number of nitrogen functional groups attached to an aromatic ring is 1. The van der Waals surface area contributed by atoms with Crippen LogP contribution in [0.4, 0.5) is 9.93 Å². The van der Waals surface area contributed by atoms with Gasteiger partial charge in [0.15, 0.2) is 5.13 Å². The monoisotopic (exact) mass is 575 g/mol. The highest BCUT2D eigenvalue weighted by Gasteiger charge is 2.51. The van der Waals surface area contributed by atoms with E-state index in [0.717, 1.165) is 45.2 Å². The van der Waals surface area contributed by atoms with E-state index in [2.05, 4.69) is 17.2 Å². The Labute approximate surface area is 241 Å². The molecule has 2 aliphatic rings. The lowest BCUT2D eigenvalue weighted by Gasteiger charge is -2.45. The number of carbonyl (C=O) groups excluding carboxylic acids is 3. The number of nitrogens with one attached hydrogen (secondary N) is 1. The fourth-order valence-corrected chi connectivity index (χ4v) is 6.56. The van der Waals surface area contributed by atoms with Crippen molar-refractivity contribution in [2.24, 2.45) is 0 Å². The average Bonchev–Trinajstić information content (AvgIpc) is 3.67. The molecular formula is C29H33N7O4S. The Morgan fingerprint density at radius 3 is 2.93 bits per heavy atom. The summed E-state index contributed by atoms with van der Waals surface area (Å²) in [6, 6.07) is 12.5. The van der Waals surface area contributed by atoms with Crippen molar-refractivity contribution >= 4 is 55.5 Å². The number of benzene rings is 2. The second-order valence-electron chi connectivity index (χ2n) is 10.5. The molecule has 4 aromatic rings. The molecule has 6 rings (SSSR count). The minimum Gasteiger partial charge on any atom is -0.464 e. The predicted molar refractivity (Wildman–Crippen MR) is 157 cm³/mol. The van der Waals surface area contributed by atoms with Crippen molar-refractivity contribution in [2.45, 2.75) is 44.9 Å². The topological polar surface area (TPSA) is 128 Å². The van der Waals surface area contributed by atoms with Gasteiger partial charge in [0, 0.05) is 31.9 Å². The van der Waals surface area contributed by atoms with Crippen molar-refractivity contribution in [3.63, 3.8) is 0 Å². The Morgan fingerprint density at radius 2 is 2.10 bits per heavy atom. The molecular weight excluding hydrogens is 542 g/mol. The number of urea groups is 1. The van der Waals surface area contributed by atoms with Gasteiger partial charge in [-0.05, 0) is 41.8 Å². The van der Waals surface area contributed by atoms with E-state index in [-0.39, 0.29) is 30.9 Å². The number of hydrogen-bond donors (Lipinski definition) is 2. The van der Waals surface area contributed by atoms with Crippen LogP contribution < -0.4 is 11.1 Å². The van der Waals surface area contributed by atoms with Gasteiger partial charge >= 0.3 is 6.03 Å². The van der Waals surface area contributed by atoms with Gasteiger partial charge < -0.3 is 25.3 Å². The number of hydrogen-bond acceptors (Lipinski definition) is 8. The number of nitrogens with two attached hydrogens (primary N) is 1. The van der Waals surface area contributed by atoms with E-state index >= 15 is 0 Å². The van der Waals surface area contributed by atoms with Gasteiger partial charge in [-0.1, -0.05) is 42.9 Å². The fraction of sp³-hybridized carbons (Fsp3) is 0.379. The number of unbranched alkanes of at least 4 members (excludes halogenated alkanes) is 1. The molecule has 4 amide bonds. The summed E-state index contributed by atoms with van der Waals surface area (Å²) >= 11 is 1.41. The Bertz CT molecular complexity index is 1620. The molecule has 2 fully saturated rings. The smallest absolute Gasteiger partial charge is 0.331 e. The molecule has 0 unspecified atom stereocenters. The highest BCUT2D eigenvalue weighted by Crippen LogP contribution is 2.32. The number of anilines is 1. The second-order valence-corrected chi connectivity index (χ2v) is 11.6. The molecule has 3 N–H and O–H groups in total. The maximum absolute atomic E-state index is 14.1. The third-order valence-corrected chi connectivity index (χ3v) is 8.73. The molecule has 11 nitrogen and oxygen atoms in total. The van der Waals surface area contributed by atoms with Crippen LogP contribution in [0.2, 0.25) is 0 Å². The molecule has 4 heterocycles. The molecule has 0 aliphatic carbocycles. The number of piperazine rings is 1. The molecule has 0 bridgehead atoms. The van der Waals surface area contributed by atoms with E-state index in [1.54, 1.807) is 28.1 Å². The molecule has 12 heteroatoms. The number of carbonyl (C=O) groups is 3. The summed E-state index contributed by atoms with van der Waals surface area (Å²) in [6.07, 6.45) is 3.31. The molecule has 2 aromatic carbocycles. The maximum Gasteiger partial charge on any atom is 0.331 e. The lowest BCUT2D eigenvalue weighted by molar-refractivity contribution is -0.157. The van der Waals surface area contributed by atoms with Gasteiger partial charge in [-0.3, -0.25) is 14.6 Å². The van der Waals surface area contributed by atoms with Crippen LogP contribution in [-0.4, -0.2) is 81.5 Å². The number of aromatic nitrogens is 1. The SMILES string of the molecule is CCCCNC(=O)N(C)N1CC(=O)N2[C@@H](Cc3ccc4occc4c3)C(=O)N(Cc3cccc4sc(N)nc34)C[C@@H]21. The molecule has 0 radical (unpaired) electrons. The van der Waals surface area contributed by atoms with E-state index in [1.165, 1.54) is 16.3 Å². The molecule has 214 valence electrons. The third-order valence-electron chi connectivity index (χ3n) is 7.88. The van der Waals surface area contributed by atoms with Gasteiger partial charge in [-0.15, -0.1) is 0 Å². The molecule has 2 atom stereocenters. The van der Waals surface area contributed by atoms with Gasteiger partial charge in [-0.2, -0.15) is 5.01 Å². The van der Waals surface area contributed by atoms with Gasteiger partial charge in [0.1, 0.15) is 17.8 Å². The van der Waals surface area contributed by atoms with Crippen molar-refractivity contribution in [3.05, 3.63) is 59.9 Å². The number of para-hydroxylation sites is 1. The van der Waals surface area contributed by atoms with Crippen molar-refractivity contribution in [1.29, 1.82) is 0 Å². The van der Waals surface area contributed by atoms with E-state index in [9.17, 15) is 14.4 Å². The summed E-state index contributed by atoms with van der Waals surface area (Å²) in [4.78, 5) is 48.5. The van der Waals surface area contributed by atoms with Crippen molar-refractivity contribution < 1.29 is 18.8 Å². The molecule has 0 saturated carbocycles. The summed E-state index contributed by atoms with van der Waals surface area (Å²) in [5, 5.41) is 7.57. The first-order valence-corrected chi connectivity index (χ1v) is 14.6. The lowest BCUT2D eigenvalue weighted by Crippen LogP contribution is -2.65. The highest BCUT2D eigenvalue weighted by atomic mass is 32.1. The first kappa shape index (κ1) is 27.0. The van der Waals surface area contributed by atoms with Gasteiger partial charge in [0.25, 0.3) is 0 Å². The maximum atomic E-state index is 14.1. The number of rotatable bonds is 8. The first-order chi connectivity index (χ1) is 19.8. The highest BCUT2D eigenvalue weighted by molar-refractivity contribution is 7.22. The summed E-state index contributed by atoms with van der Waals surface area (Å²) in [5.41, 5.74) is 9.34. The summed E-state index contributed by atoms with van der Waals surface area (Å²) in [5.74, 6) is -0.320. The zero-order chi connectivity index (χ0) is 28.7. The van der Waals surface area contributed by atoms with Crippen molar-refractivity contribution in [1.82, 2.24) is 30.1 Å². The largest absolute Gasteiger partial charge is 0.464 e. The van der Waals surface area contributed by atoms with Gasteiger partial charge in [-0.25, -0.2) is 9.78 Å². The van der Waals surface area contributed by atoms with Crippen LogP contribution in [0.25, 0.3) is 21.2 Å². The number of furan rings is 1. The number of nitrogens with zero attached hydrogens (tertiary/aromatic N) is 5. The predicted octanol–water partition coefficient (Wildman–Crippen LogP) is 3.41. The van der Waals surface area contributed by atoms with E-state index in [0.29, 0.717) is 24.6 Å². The van der Waals surface area contributed by atoms with E-state index in [4.69, 9.17) is 10.2 Å². The molecule has 41 heavy (non-hydrogen) atoms. The van der Waals surface area contributed by atoms with Crippen LogP contribution in [-0.2, 0) is 22.6 Å². The standard InChI is InChI=1S/C29H33N7O4S/c1-3-4-11-31-29(39)33(2)35-17-25(37)36-21(14-18-8-9-22-19(13-18)10-12-40-22)27(38)34(16-24(35)36)15-20-6-5-7-23-26(20)32-28(30)41-23/h5-10,12-13,21,24H,3-4,11,14-17H2,1-2H3,(H2,30,32)(H,31,39)/t21-,24+/m0/s1. The summed E-state index contributed by atoms with van der Waals surface area (Å²) in [7, 11) is 1.67. The van der Waals surface area contributed by atoms with Crippen LogP contribution in [0, 0.1) is 0 Å². The number of thiazole rings is 1. The summed E-state index contributed by atoms with van der Waals surface area (Å²) in [6.45, 7) is 3.20. The Kier molecular flexibility index (Phi) is 7.26. The van der Waals surface area contributed by atoms with E-state index < -0.39 is 12.2 Å². The van der Waals surface area contributed by atoms with Gasteiger partial charge in [0.05, 0.1) is 29.6 Å². The Morgan fingerprint density at radius 1 is 1.24 bits per heavy atom. The van der Waals surface area contributed by atoms with Crippen LogP contribution in [0.15, 0.2) is 53.1 Å². The summed E-state index contributed by atoms with van der Waals surface area (Å²) < 4.78 is 6.44. The zero-order valence-electron chi connectivity index (χ0n) is 23.1. The normalized spacial score (nSPS) is 19.4. The van der Waals surface area contributed by atoms with Crippen molar-refractivity contribution in [2.75, 3.05) is 32.4 Å². The minimum absolute atomic E-state index is 0.0128. The third kappa shape index (κ3) is 5.08. The fourth-order valence-electron chi connectivity index (χ4n) is 5.78. The molecule has 0 spiro atoms. The number of hydrazine groups is 1. The lowest BCUT2D eigenvalue weighted by atomic mass is 9.99. The van der Waals surface area contributed by atoms with Crippen molar-refractivity contribution in [3.8, 4) is 0 Å². The number of amides is 4. The van der Waals surface area contributed by atoms with Crippen LogP contribution in [0.3, 0.4) is 0 Å². The zero-order valence-corrected chi connectivity index (χ0v) is 23.9. The van der Waals surface area contributed by atoms with E-state index in [1.807, 2.05) is 42.5 Å². The Balaban J connectivity index is 1.33. The number of fused-ring (bicyclic) bond motifs is 3. The van der Waals surface area contributed by atoms with Crippen LogP contribution in [0.1, 0.15) is 30.9 Å². The molecule has 2 aromatic heterocycles. The van der Waals surface area contributed by atoms with Gasteiger partial charge in [0.2, 0.25) is 11.8 Å². The minimum atomic E-state index is -0.730. The van der Waals surface area contributed by atoms with Crippen LogP contribution in [0.5, 0.6) is 0 Å². The Hall–Kier alpha value is -4.16.